The molecule has 12 heavy (non-hydrogen) atoms. The van der Waals surface area contributed by atoms with Crippen LogP contribution < -0.4 is 5.73 Å². The Morgan fingerprint density at radius 2 is 2.08 bits per heavy atom. The number of carbonyl (C=O) groups excluding carboxylic acids is 1. The highest BCUT2D eigenvalue weighted by Crippen LogP contribution is 2.11. The molecule has 70 valence electrons. The Balaban J connectivity index is 4.13. The second-order valence-corrected chi connectivity index (χ2v) is 3.46. The zero-order valence-corrected chi connectivity index (χ0v) is 8.26. The maximum absolute atomic E-state index is 11.1. The summed E-state index contributed by atoms with van der Waals surface area (Å²) in [6.07, 6.45) is 3.64. The van der Waals surface area contributed by atoms with Crippen molar-refractivity contribution in [2.75, 3.05) is 6.54 Å². The molecule has 0 aliphatic rings. The first kappa shape index (κ1) is 11.4. The fraction of sp³-hybridized carbons (Fsp3) is 0.700. The van der Waals surface area contributed by atoms with Crippen molar-refractivity contribution < 1.29 is 4.79 Å². The van der Waals surface area contributed by atoms with E-state index in [9.17, 15) is 4.79 Å². The number of carbonyl (C=O) groups is 1. The van der Waals surface area contributed by atoms with Gasteiger partial charge in [0.1, 0.15) is 0 Å². The summed E-state index contributed by atoms with van der Waals surface area (Å²) in [5.41, 5.74) is 6.28. The van der Waals surface area contributed by atoms with E-state index in [4.69, 9.17) is 5.73 Å². The van der Waals surface area contributed by atoms with E-state index in [2.05, 4.69) is 13.8 Å². The molecule has 0 aromatic carbocycles. The third kappa shape index (κ3) is 5.08. The number of allylic oxidation sites excluding steroid dienone is 1. The van der Waals surface area contributed by atoms with Crippen LogP contribution in [0.5, 0.6) is 0 Å². The van der Waals surface area contributed by atoms with Crippen molar-refractivity contribution in [2.24, 2.45) is 11.7 Å². The molecule has 2 heteroatoms. The van der Waals surface area contributed by atoms with Gasteiger partial charge in [-0.25, -0.2) is 0 Å². The van der Waals surface area contributed by atoms with E-state index >= 15 is 0 Å². The molecule has 0 saturated heterocycles. The summed E-state index contributed by atoms with van der Waals surface area (Å²) < 4.78 is 0. The summed E-state index contributed by atoms with van der Waals surface area (Å²) in [7, 11) is 0. The molecule has 0 saturated carbocycles. The lowest BCUT2D eigenvalue weighted by Gasteiger charge is -2.06. The SMILES string of the molecule is CC(=O)/C(=C/CCN)CC(C)C. The fourth-order valence-corrected chi connectivity index (χ4v) is 1.07. The Labute approximate surface area is 74.8 Å². The van der Waals surface area contributed by atoms with Crippen molar-refractivity contribution in [3.63, 3.8) is 0 Å². The van der Waals surface area contributed by atoms with Crippen LogP contribution in [0.4, 0.5) is 0 Å². The molecule has 0 unspecified atom stereocenters. The Kier molecular flexibility index (Phi) is 5.64. The third-order valence-electron chi connectivity index (χ3n) is 1.64. The van der Waals surface area contributed by atoms with Gasteiger partial charge in [-0.3, -0.25) is 4.79 Å². The van der Waals surface area contributed by atoms with E-state index in [1.165, 1.54) is 0 Å². The van der Waals surface area contributed by atoms with Crippen LogP contribution in [0.15, 0.2) is 11.6 Å². The van der Waals surface area contributed by atoms with Gasteiger partial charge in [-0.1, -0.05) is 19.9 Å². The first-order chi connectivity index (χ1) is 5.57. The molecule has 0 bridgehead atoms. The highest BCUT2D eigenvalue weighted by Gasteiger charge is 2.05. The van der Waals surface area contributed by atoms with Crippen LogP contribution in [0.25, 0.3) is 0 Å². The summed E-state index contributed by atoms with van der Waals surface area (Å²) in [6.45, 7) is 6.46. The summed E-state index contributed by atoms with van der Waals surface area (Å²) in [5.74, 6) is 0.718. The summed E-state index contributed by atoms with van der Waals surface area (Å²) >= 11 is 0. The van der Waals surface area contributed by atoms with E-state index < -0.39 is 0 Å². The Morgan fingerprint density at radius 1 is 1.50 bits per heavy atom. The van der Waals surface area contributed by atoms with Crippen molar-refractivity contribution in [3.05, 3.63) is 11.6 Å². The largest absolute Gasteiger partial charge is 0.330 e. The molecule has 2 nitrogen and oxygen atoms in total. The third-order valence-corrected chi connectivity index (χ3v) is 1.64. The van der Waals surface area contributed by atoms with E-state index in [1.54, 1.807) is 6.92 Å². The number of rotatable bonds is 5. The predicted molar refractivity (Wildman–Crippen MR) is 51.9 cm³/mol. The van der Waals surface area contributed by atoms with Gasteiger partial charge in [0, 0.05) is 0 Å². The molecule has 0 atom stereocenters. The van der Waals surface area contributed by atoms with E-state index in [1.807, 2.05) is 6.08 Å². The van der Waals surface area contributed by atoms with Gasteiger partial charge >= 0.3 is 0 Å². The zero-order valence-electron chi connectivity index (χ0n) is 8.26. The van der Waals surface area contributed by atoms with Crippen LogP contribution in [0.2, 0.25) is 0 Å². The quantitative estimate of drug-likeness (QED) is 0.639. The zero-order chi connectivity index (χ0) is 9.56. The van der Waals surface area contributed by atoms with Crippen molar-refractivity contribution in [1.82, 2.24) is 0 Å². The minimum Gasteiger partial charge on any atom is -0.330 e. The monoisotopic (exact) mass is 169 g/mol. The molecule has 2 N–H and O–H groups in total. The first-order valence-corrected chi connectivity index (χ1v) is 4.48. The van der Waals surface area contributed by atoms with E-state index in [-0.39, 0.29) is 5.78 Å². The van der Waals surface area contributed by atoms with Crippen molar-refractivity contribution in [3.8, 4) is 0 Å². The Morgan fingerprint density at radius 3 is 2.42 bits per heavy atom. The molecule has 0 aromatic rings. The van der Waals surface area contributed by atoms with Gasteiger partial charge < -0.3 is 5.73 Å². The average molecular weight is 169 g/mol. The topological polar surface area (TPSA) is 43.1 Å². The second kappa shape index (κ2) is 5.95. The Bertz CT molecular complexity index is 171. The second-order valence-electron chi connectivity index (χ2n) is 3.46. The van der Waals surface area contributed by atoms with Crippen LogP contribution in [-0.4, -0.2) is 12.3 Å². The smallest absolute Gasteiger partial charge is 0.155 e. The highest BCUT2D eigenvalue weighted by molar-refractivity contribution is 5.93. The van der Waals surface area contributed by atoms with Gasteiger partial charge in [-0.15, -0.1) is 0 Å². The van der Waals surface area contributed by atoms with Crippen LogP contribution in [0.1, 0.15) is 33.6 Å². The van der Waals surface area contributed by atoms with Gasteiger partial charge in [-0.2, -0.15) is 0 Å². The van der Waals surface area contributed by atoms with Gasteiger partial charge in [-0.05, 0) is 37.8 Å². The standard InChI is InChI=1S/C10H19NO/c1-8(2)7-10(9(3)12)5-4-6-11/h5,8H,4,6-7,11H2,1-3H3/b10-5+. The van der Waals surface area contributed by atoms with Gasteiger partial charge in [0.2, 0.25) is 0 Å². The number of ketones is 1. The van der Waals surface area contributed by atoms with Gasteiger partial charge in [0.25, 0.3) is 0 Å². The van der Waals surface area contributed by atoms with Crippen LogP contribution in [0, 0.1) is 5.92 Å². The molecule has 0 heterocycles. The van der Waals surface area contributed by atoms with Crippen molar-refractivity contribution in [2.45, 2.75) is 33.6 Å². The highest BCUT2D eigenvalue weighted by atomic mass is 16.1. The molecular formula is C10H19NO. The van der Waals surface area contributed by atoms with Gasteiger partial charge in [0.15, 0.2) is 5.78 Å². The molecule has 0 radical (unpaired) electrons. The molecule has 0 rings (SSSR count). The predicted octanol–water partition coefficient (Wildman–Crippen LogP) is 1.90. The molecule has 0 aliphatic carbocycles. The minimum absolute atomic E-state index is 0.178. The van der Waals surface area contributed by atoms with Crippen LogP contribution >= 0.6 is 0 Å². The van der Waals surface area contributed by atoms with Crippen molar-refractivity contribution in [1.29, 1.82) is 0 Å². The number of hydrogen-bond donors (Lipinski definition) is 1. The van der Waals surface area contributed by atoms with Crippen LogP contribution in [0.3, 0.4) is 0 Å². The average Bonchev–Trinajstić information content (AvgIpc) is 1.96. The molecule has 0 spiro atoms. The molecule has 0 aromatic heterocycles. The molecule has 0 fully saturated rings. The number of nitrogens with two attached hydrogens (primary N) is 1. The Hall–Kier alpha value is -0.630. The molecule has 0 aliphatic heterocycles. The lowest BCUT2D eigenvalue weighted by atomic mass is 9.99. The van der Waals surface area contributed by atoms with Crippen molar-refractivity contribution >= 4 is 5.78 Å². The molecular weight excluding hydrogens is 150 g/mol. The maximum atomic E-state index is 11.1. The maximum Gasteiger partial charge on any atom is 0.155 e. The summed E-state index contributed by atoms with van der Waals surface area (Å²) in [4.78, 5) is 11.1. The minimum atomic E-state index is 0.178. The van der Waals surface area contributed by atoms with Crippen LogP contribution in [-0.2, 0) is 4.79 Å². The number of hydrogen-bond acceptors (Lipinski definition) is 2. The molecule has 0 amide bonds. The van der Waals surface area contributed by atoms with E-state index in [0.29, 0.717) is 12.5 Å². The number of Topliss-reactive ketones (excluding diaryl/α,β-unsaturated/α-hetero) is 1. The van der Waals surface area contributed by atoms with E-state index in [0.717, 1.165) is 18.4 Å². The fourth-order valence-electron chi connectivity index (χ4n) is 1.07. The van der Waals surface area contributed by atoms with Gasteiger partial charge in [0.05, 0.1) is 0 Å². The first-order valence-electron chi connectivity index (χ1n) is 4.48. The lowest BCUT2D eigenvalue weighted by Crippen LogP contribution is -2.03. The normalized spacial score (nSPS) is 12.2. The lowest BCUT2D eigenvalue weighted by molar-refractivity contribution is -0.113. The summed E-state index contributed by atoms with van der Waals surface area (Å²) in [6, 6.07) is 0. The summed E-state index contributed by atoms with van der Waals surface area (Å²) in [5, 5.41) is 0.